The van der Waals surface area contributed by atoms with E-state index in [-0.39, 0.29) is 12.2 Å². The molecule has 1 rings (SSSR count). The highest BCUT2D eigenvalue weighted by atomic mass is 16.5. The normalized spacial score (nSPS) is 12.6. The number of H-pyrrole nitrogens is 1. The summed E-state index contributed by atoms with van der Waals surface area (Å²) in [6.45, 7) is 7.35. The third-order valence-corrected chi connectivity index (χ3v) is 2.73. The minimum Gasteiger partial charge on any atom is -0.464 e. The predicted molar refractivity (Wildman–Crippen MR) is 74.4 cm³/mol. The van der Waals surface area contributed by atoms with E-state index in [9.17, 15) is 14.4 Å². The number of hydrogen-bond acceptors (Lipinski definition) is 4. The van der Waals surface area contributed by atoms with Crippen molar-refractivity contribution in [2.75, 3.05) is 6.61 Å². The molecular weight excluding hydrogens is 260 g/mol. The van der Waals surface area contributed by atoms with Gasteiger partial charge in [-0.25, -0.2) is 4.79 Å². The van der Waals surface area contributed by atoms with Crippen molar-refractivity contribution < 1.29 is 14.3 Å². The summed E-state index contributed by atoms with van der Waals surface area (Å²) >= 11 is 0. The number of hydrogen-bond donors (Lipinski definition) is 2. The maximum absolute atomic E-state index is 12.1. The lowest BCUT2D eigenvalue weighted by Crippen LogP contribution is -2.50. The predicted octanol–water partition coefficient (Wildman–Crippen LogP) is 1.08. The molecule has 1 atom stereocenters. The summed E-state index contributed by atoms with van der Waals surface area (Å²) in [5.74, 6) is -1.11. The van der Waals surface area contributed by atoms with Gasteiger partial charge >= 0.3 is 5.97 Å². The minimum atomic E-state index is -0.824. The summed E-state index contributed by atoms with van der Waals surface area (Å²) in [6.07, 6.45) is 1.44. The Morgan fingerprint density at radius 3 is 2.55 bits per heavy atom. The first-order valence-corrected chi connectivity index (χ1v) is 6.42. The van der Waals surface area contributed by atoms with Crippen molar-refractivity contribution in [2.24, 2.45) is 5.41 Å². The molecule has 20 heavy (non-hydrogen) atoms. The number of aromatic nitrogens is 1. The Hall–Kier alpha value is -2.11. The topological polar surface area (TPSA) is 88.3 Å². The maximum Gasteiger partial charge on any atom is 0.329 e. The van der Waals surface area contributed by atoms with Crippen molar-refractivity contribution in [1.82, 2.24) is 10.3 Å². The standard InChI is InChI=1S/C14H20N2O4/c1-5-20-13(19)10(14(2,3)4)16-12(18)9-7-6-8-15-11(9)17/h6-8,10H,5H2,1-4H3,(H,15,17)(H,16,18)/t10-/m1/s1. The lowest BCUT2D eigenvalue weighted by atomic mass is 9.86. The number of amides is 1. The Morgan fingerprint density at radius 2 is 2.05 bits per heavy atom. The molecule has 0 saturated heterocycles. The lowest BCUT2D eigenvalue weighted by Gasteiger charge is -2.29. The van der Waals surface area contributed by atoms with Crippen LogP contribution in [0.1, 0.15) is 38.1 Å². The third kappa shape index (κ3) is 3.94. The van der Waals surface area contributed by atoms with Gasteiger partial charge in [-0.1, -0.05) is 20.8 Å². The molecule has 0 fully saturated rings. The second kappa shape index (κ2) is 6.36. The van der Waals surface area contributed by atoms with Gasteiger partial charge in [-0.15, -0.1) is 0 Å². The van der Waals surface area contributed by atoms with Gasteiger partial charge in [0.05, 0.1) is 6.61 Å². The molecule has 0 unspecified atom stereocenters. The Labute approximate surface area is 117 Å². The number of rotatable bonds is 4. The number of carbonyl (C=O) groups excluding carboxylic acids is 2. The smallest absolute Gasteiger partial charge is 0.329 e. The number of ether oxygens (including phenoxy) is 1. The number of carbonyl (C=O) groups is 2. The molecule has 1 aromatic heterocycles. The molecule has 0 radical (unpaired) electrons. The first-order chi connectivity index (χ1) is 9.27. The van der Waals surface area contributed by atoms with Crippen molar-refractivity contribution in [2.45, 2.75) is 33.7 Å². The van der Waals surface area contributed by atoms with Gasteiger partial charge < -0.3 is 15.0 Å². The van der Waals surface area contributed by atoms with Gasteiger partial charge in [0.25, 0.3) is 11.5 Å². The highest BCUT2D eigenvalue weighted by Gasteiger charge is 2.34. The summed E-state index contributed by atoms with van der Waals surface area (Å²) in [7, 11) is 0. The van der Waals surface area contributed by atoms with Crippen molar-refractivity contribution in [3.05, 3.63) is 34.2 Å². The summed E-state index contributed by atoms with van der Waals surface area (Å²) < 4.78 is 4.96. The zero-order valence-corrected chi connectivity index (χ0v) is 12.1. The number of pyridine rings is 1. The van der Waals surface area contributed by atoms with Crippen LogP contribution in [0.2, 0.25) is 0 Å². The van der Waals surface area contributed by atoms with E-state index in [1.807, 2.05) is 20.8 Å². The largest absolute Gasteiger partial charge is 0.464 e. The van der Waals surface area contributed by atoms with Gasteiger partial charge in [-0.05, 0) is 24.5 Å². The molecule has 1 aromatic rings. The van der Waals surface area contributed by atoms with Crippen molar-refractivity contribution in [1.29, 1.82) is 0 Å². The maximum atomic E-state index is 12.1. The van der Waals surface area contributed by atoms with Crippen LogP contribution in [0.4, 0.5) is 0 Å². The molecular formula is C14H20N2O4. The Balaban J connectivity index is 2.97. The lowest BCUT2D eigenvalue weighted by molar-refractivity contribution is -0.148. The molecule has 0 saturated carbocycles. The molecule has 0 aromatic carbocycles. The molecule has 0 bridgehead atoms. The molecule has 0 aliphatic heterocycles. The van der Waals surface area contributed by atoms with Gasteiger partial charge in [0.1, 0.15) is 11.6 Å². The fourth-order valence-corrected chi connectivity index (χ4v) is 1.66. The van der Waals surface area contributed by atoms with E-state index in [2.05, 4.69) is 10.3 Å². The molecule has 1 heterocycles. The number of esters is 1. The summed E-state index contributed by atoms with van der Waals surface area (Å²) in [6, 6.07) is 2.13. The summed E-state index contributed by atoms with van der Waals surface area (Å²) in [5, 5.41) is 2.57. The highest BCUT2D eigenvalue weighted by molar-refractivity contribution is 5.96. The highest BCUT2D eigenvalue weighted by Crippen LogP contribution is 2.20. The number of nitrogens with one attached hydrogen (secondary N) is 2. The van der Waals surface area contributed by atoms with Crippen LogP contribution in [-0.2, 0) is 9.53 Å². The quantitative estimate of drug-likeness (QED) is 0.808. The summed E-state index contributed by atoms with van der Waals surface area (Å²) in [4.78, 5) is 38.0. The zero-order valence-electron chi connectivity index (χ0n) is 12.1. The second-order valence-electron chi connectivity index (χ2n) is 5.44. The zero-order chi connectivity index (χ0) is 15.3. The van der Waals surface area contributed by atoms with E-state index in [0.29, 0.717) is 0 Å². The fraction of sp³-hybridized carbons (Fsp3) is 0.500. The van der Waals surface area contributed by atoms with E-state index < -0.39 is 28.9 Å². The molecule has 0 aliphatic carbocycles. The number of aromatic amines is 1. The van der Waals surface area contributed by atoms with Crippen molar-refractivity contribution in [3.8, 4) is 0 Å². The van der Waals surface area contributed by atoms with E-state index >= 15 is 0 Å². The molecule has 0 spiro atoms. The summed E-state index contributed by atoms with van der Waals surface area (Å²) in [5.41, 5.74) is -1.06. The van der Waals surface area contributed by atoms with Crippen LogP contribution in [0, 0.1) is 5.41 Å². The minimum absolute atomic E-state index is 0.0361. The molecule has 1 amide bonds. The van der Waals surface area contributed by atoms with Gasteiger partial charge in [0.15, 0.2) is 0 Å². The van der Waals surface area contributed by atoms with Crippen LogP contribution in [-0.4, -0.2) is 29.5 Å². The fourth-order valence-electron chi connectivity index (χ4n) is 1.66. The van der Waals surface area contributed by atoms with Crippen LogP contribution in [0.3, 0.4) is 0 Å². The van der Waals surface area contributed by atoms with Crippen LogP contribution in [0.15, 0.2) is 23.1 Å². The van der Waals surface area contributed by atoms with Gasteiger partial charge in [0, 0.05) is 6.20 Å². The van der Waals surface area contributed by atoms with Gasteiger partial charge in [-0.2, -0.15) is 0 Å². The Kier molecular flexibility index (Phi) is 5.07. The van der Waals surface area contributed by atoms with Gasteiger partial charge in [-0.3, -0.25) is 9.59 Å². The molecule has 110 valence electrons. The van der Waals surface area contributed by atoms with Crippen LogP contribution < -0.4 is 10.9 Å². The Bertz CT molecular complexity index is 543. The van der Waals surface area contributed by atoms with Crippen LogP contribution >= 0.6 is 0 Å². The first-order valence-electron chi connectivity index (χ1n) is 6.42. The average molecular weight is 280 g/mol. The van der Waals surface area contributed by atoms with Crippen molar-refractivity contribution in [3.63, 3.8) is 0 Å². The van der Waals surface area contributed by atoms with Crippen LogP contribution in [0.5, 0.6) is 0 Å². The second-order valence-corrected chi connectivity index (χ2v) is 5.44. The van der Waals surface area contributed by atoms with E-state index in [1.54, 1.807) is 13.0 Å². The monoisotopic (exact) mass is 280 g/mol. The van der Waals surface area contributed by atoms with E-state index in [4.69, 9.17) is 4.74 Å². The van der Waals surface area contributed by atoms with Crippen LogP contribution in [0.25, 0.3) is 0 Å². The molecule has 0 aliphatic rings. The first kappa shape index (κ1) is 15.9. The van der Waals surface area contributed by atoms with Crippen molar-refractivity contribution >= 4 is 11.9 Å². The van der Waals surface area contributed by atoms with Gasteiger partial charge in [0.2, 0.25) is 0 Å². The molecule has 2 N–H and O–H groups in total. The Morgan fingerprint density at radius 1 is 1.40 bits per heavy atom. The molecule has 6 heteroatoms. The average Bonchev–Trinajstić information content (AvgIpc) is 2.35. The van der Waals surface area contributed by atoms with E-state index in [0.717, 1.165) is 0 Å². The third-order valence-electron chi connectivity index (χ3n) is 2.73. The van der Waals surface area contributed by atoms with E-state index in [1.165, 1.54) is 12.3 Å². The molecule has 6 nitrogen and oxygen atoms in total. The SMILES string of the molecule is CCOC(=O)[C@@H](NC(=O)c1ccc[nH]c1=O)C(C)(C)C.